The number of anilines is 1. The van der Waals surface area contributed by atoms with Crippen molar-refractivity contribution in [3.05, 3.63) is 72.2 Å². The molecule has 4 rings (SSSR count). The Labute approximate surface area is 192 Å². The number of nitrogens with one attached hydrogen (secondary N) is 2. The molecule has 0 fully saturated rings. The molecule has 9 nitrogen and oxygen atoms in total. The maximum atomic E-state index is 12.8. The van der Waals surface area contributed by atoms with E-state index in [-0.39, 0.29) is 16.8 Å². The van der Waals surface area contributed by atoms with Gasteiger partial charge in [0.2, 0.25) is 0 Å². The van der Waals surface area contributed by atoms with Crippen LogP contribution < -0.4 is 19.5 Å². The van der Waals surface area contributed by atoms with E-state index in [0.29, 0.717) is 42.5 Å². The summed E-state index contributed by atoms with van der Waals surface area (Å²) in [4.78, 5) is 14.6. The summed E-state index contributed by atoms with van der Waals surface area (Å²) in [5.74, 6) is 1.39. The Morgan fingerprint density at radius 3 is 2.42 bits per heavy atom. The summed E-state index contributed by atoms with van der Waals surface area (Å²) in [5, 5.41) is 2.89. The quantitative estimate of drug-likeness (QED) is 0.520. The van der Waals surface area contributed by atoms with Crippen LogP contribution in [0.3, 0.4) is 0 Å². The Balaban J connectivity index is 1.40. The van der Waals surface area contributed by atoms with Crippen molar-refractivity contribution < 1.29 is 27.1 Å². The van der Waals surface area contributed by atoms with Crippen LogP contribution in [0.25, 0.3) is 0 Å². The third kappa shape index (κ3) is 5.29. The van der Waals surface area contributed by atoms with E-state index in [1.165, 1.54) is 12.1 Å². The fourth-order valence-electron chi connectivity index (χ4n) is 3.40. The Bertz CT molecular complexity index is 1210. The molecule has 1 amide bonds. The number of benzene rings is 2. The third-order valence-corrected chi connectivity index (χ3v) is 6.55. The van der Waals surface area contributed by atoms with E-state index in [4.69, 9.17) is 13.9 Å². The van der Waals surface area contributed by atoms with Crippen LogP contribution in [0.1, 0.15) is 22.2 Å². The van der Waals surface area contributed by atoms with Gasteiger partial charge in [0.25, 0.3) is 15.9 Å². The zero-order chi connectivity index (χ0) is 23.4. The molecule has 0 saturated carbocycles. The van der Waals surface area contributed by atoms with Gasteiger partial charge in [0.1, 0.15) is 19.0 Å². The summed E-state index contributed by atoms with van der Waals surface area (Å²) < 4.78 is 44.4. The molecule has 1 aliphatic heterocycles. The van der Waals surface area contributed by atoms with Gasteiger partial charge < -0.3 is 19.2 Å². The molecule has 0 unspecified atom stereocenters. The lowest BCUT2D eigenvalue weighted by atomic mass is 10.1. The molecular weight excluding hydrogens is 446 g/mol. The highest BCUT2D eigenvalue weighted by molar-refractivity contribution is 7.92. The van der Waals surface area contributed by atoms with E-state index in [1.54, 1.807) is 42.7 Å². The monoisotopic (exact) mass is 471 g/mol. The number of likely N-dealkylation sites (N-methyl/N-ethyl adjacent to an activating group) is 1. The van der Waals surface area contributed by atoms with Crippen LogP contribution in [-0.2, 0) is 10.0 Å². The van der Waals surface area contributed by atoms with Gasteiger partial charge in [-0.2, -0.15) is 0 Å². The summed E-state index contributed by atoms with van der Waals surface area (Å²) in [6, 6.07) is 14.2. The van der Waals surface area contributed by atoms with Gasteiger partial charge in [-0.1, -0.05) is 0 Å². The number of hydrogen-bond acceptors (Lipinski definition) is 7. The number of amides is 1. The van der Waals surface area contributed by atoms with Crippen molar-refractivity contribution in [1.29, 1.82) is 0 Å². The number of sulfonamides is 1. The number of fused-ring (bicyclic) bond motifs is 1. The van der Waals surface area contributed by atoms with Gasteiger partial charge in [-0.3, -0.25) is 14.4 Å². The average molecular weight is 472 g/mol. The van der Waals surface area contributed by atoms with E-state index in [2.05, 4.69) is 10.0 Å². The van der Waals surface area contributed by atoms with Crippen LogP contribution >= 0.6 is 0 Å². The largest absolute Gasteiger partial charge is 0.486 e. The standard InChI is InChI=1S/C23H25N3O6S/c1-26(2)19(20-4-3-11-30-20)15-24-23(27)16-5-7-17(8-6-16)25-33(28,29)18-9-10-21-22(14-18)32-13-12-31-21/h3-11,14,19,25H,12-13,15H2,1-2H3,(H,24,27)/t19-/m1/s1. The minimum Gasteiger partial charge on any atom is -0.486 e. The smallest absolute Gasteiger partial charge is 0.262 e. The number of rotatable bonds is 8. The SMILES string of the molecule is CN(C)[C@H](CNC(=O)c1ccc(NS(=O)(=O)c2ccc3c(c2)OCCO3)cc1)c1ccco1. The van der Waals surface area contributed by atoms with Crippen molar-refractivity contribution in [2.75, 3.05) is 38.6 Å². The normalized spacial score (nSPS) is 14.0. The maximum Gasteiger partial charge on any atom is 0.262 e. The highest BCUT2D eigenvalue weighted by Gasteiger charge is 2.21. The average Bonchev–Trinajstić information content (AvgIpc) is 3.33. The highest BCUT2D eigenvalue weighted by Crippen LogP contribution is 2.32. The molecule has 33 heavy (non-hydrogen) atoms. The first-order valence-electron chi connectivity index (χ1n) is 10.3. The molecule has 0 radical (unpaired) electrons. The Morgan fingerprint density at radius 2 is 1.76 bits per heavy atom. The summed E-state index contributed by atoms with van der Waals surface area (Å²) in [6.45, 7) is 1.15. The van der Waals surface area contributed by atoms with Gasteiger partial charge in [-0.15, -0.1) is 0 Å². The maximum absolute atomic E-state index is 12.8. The van der Waals surface area contributed by atoms with Crippen molar-refractivity contribution >= 4 is 21.6 Å². The van der Waals surface area contributed by atoms with E-state index >= 15 is 0 Å². The molecule has 2 heterocycles. The molecular formula is C23H25N3O6S. The van der Waals surface area contributed by atoms with Gasteiger partial charge in [-0.05, 0) is 62.6 Å². The van der Waals surface area contributed by atoms with Crippen molar-refractivity contribution in [1.82, 2.24) is 10.2 Å². The summed E-state index contributed by atoms with van der Waals surface area (Å²) in [6.07, 6.45) is 1.60. The van der Waals surface area contributed by atoms with Crippen LogP contribution in [-0.4, -0.2) is 53.1 Å². The molecule has 3 aromatic rings. The first-order chi connectivity index (χ1) is 15.8. The van der Waals surface area contributed by atoms with Crippen LogP contribution in [0.5, 0.6) is 11.5 Å². The fourth-order valence-corrected chi connectivity index (χ4v) is 4.48. The number of furan rings is 1. The van der Waals surface area contributed by atoms with E-state index in [0.717, 1.165) is 5.76 Å². The Kier molecular flexibility index (Phi) is 6.57. The van der Waals surface area contributed by atoms with Crippen molar-refractivity contribution in [3.8, 4) is 11.5 Å². The van der Waals surface area contributed by atoms with Crippen molar-refractivity contribution in [3.63, 3.8) is 0 Å². The van der Waals surface area contributed by atoms with Gasteiger partial charge in [0, 0.05) is 23.9 Å². The molecule has 1 aliphatic rings. The molecule has 174 valence electrons. The molecule has 0 spiro atoms. The number of ether oxygens (including phenoxy) is 2. The molecule has 2 aromatic carbocycles. The van der Waals surface area contributed by atoms with E-state index < -0.39 is 10.0 Å². The predicted molar refractivity (Wildman–Crippen MR) is 122 cm³/mol. The van der Waals surface area contributed by atoms with Crippen LogP contribution in [0.15, 0.2) is 70.2 Å². The van der Waals surface area contributed by atoms with Crippen molar-refractivity contribution in [2.45, 2.75) is 10.9 Å². The molecule has 10 heteroatoms. The third-order valence-electron chi connectivity index (χ3n) is 5.17. The molecule has 0 saturated heterocycles. The van der Waals surface area contributed by atoms with Gasteiger partial charge in [0.15, 0.2) is 11.5 Å². The number of carbonyl (C=O) groups is 1. The van der Waals surface area contributed by atoms with Crippen LogP contribution in [0, 0.1) is 0 Å². The van der Waals surface area contributed by atoms with Crippen LogP contribution in [0.2, 0.25) is 0 Å². The second kappa shape index (κ2) is 9.55. The molecule has 2 N–H and O–H groups in total. The molecule has 1 atom stereocenters. The lowest BCUT2D eigenvalue weighted by molar-refractivity contribution is 0.0939. The number of hydrogen-bond donors (Lipinski definition) is 2. The second-order valence-electron chi connectivity index (χ2n) is 7.69. The first kappa shape index (κ1) is 22.7. The molecule has 0 bridgehead atoms. The Hall–Kier alpha value is -3.50. The zero-order valence-corrected chi connectivity index (χ0v) is 19.1. The lowest BCUT2D eigenvalue weighted by Crippen LogP contribution is -2.34. The van der Waals surface area contributed by atoms with E-state index in [9.17, 15) is 13.2 Å². The fraction of sp³-hybridized carbons (Fsp3) is 0.261. The topological polar surface area (TPSA) is 110 Å². The first-order valence-corrected chi connectivity index (χ1v) is 11.8. The number of carbonyl (C=O) groups excluding carboxylic acids is 1. The minimum absolute atomic E-state index is 0.0567. The van der Waals surface area contributed by atoms with E-state index in [1.807, 2.05) is 25.1 Å². The summed E-state index contributed by atoms with van der Waals surface area (Å²) >= 11 is 0. The lowest BCUT2D eigenvalue weighted by Gasteiger charge is -2.22. The van der Waals surface area contributed by atoms with Crippen LogP contribution in [0.4, 0.5) is 5.69 Å². The van der Waals surface area contributed by atoms with Gasteiger partial charge in [0.05, 0.1) is 17.2 Å². The summed E-state index contributed by atoms with van der Waals surface area (Å²) in [7, 11) is -0.0286. The summed E-state index contributed by atoms with van der Waals surface area (Å²) in [5.41, 5.74) is 0.748. The predicted octanol–water partition coefficient (Wildman–Crippen LogP) is 2.88. The second-order valence-corrected chi connectivity index (χ2v) is 9.38. The van der Waals surface area contributed by atoms with Gasteiger partial charge in [-0.25, -0.2) is 8.42 Å². The zero-order valence-electron chi connectivity index (χ0n) is 18.3. The van der Waals surface area contributed by atoms with Crippen molar-refractivity contribution in [2.24, 2.45) is 0 Å². The van der Waals surface area contributed by atoms with Gasteiger partial charge >= 0.3 is 0 Å². The molecule has 1 aromatic heterocycles. The number of nitrogens with zero attached hydrogens (tertiary/aromatic N) is 1. The highest BCUT2D eigenvalue weighted by atomic mass is 32.2. The minimum atomic E-state index is -3.84. The Morgan fingerprint density at radius 1 is 1.03 bits per heavy atom. The molecule has 0 aliphatic carbocycles.